The molecule has 0 aromatic carbocycles. The third-order valence-electron chi connectivity index (χ3n) is 2.03. The zero-order valence-electron chi connectivity index (χ0n) is 9.88. The molecule has 0 heterocycles. The molecular weight excluding hydrogens is 250 g/mol. The van der Waals surface area contributed by atoms with Crippen molar-refractivity contribution >= 4 is 21.7 Å². The van der Waals surface area contributed by atoms with Gasteiger partial charge in [0.15, 0.2) is 9.84 Å². The molecule has 0 atom stereocenters. The molecule has 0 spiro atoms. The number of rotatable bonds is 8. The normalized spacial score (nSPS) is 11.2. The highest BCUT2D eigenvalue weighted by Crippen LogP contribution is 1.97. The van der Waals surface area contributed by atoms with Crippen molar-refractivity contribution in [1.82, 2.24) is 4.90 Å². The second-order valence-electron chi connectivity index (χ2n) is 3.38. The fraction of sp³-hybridized carbons (Fsp3) is 0.778. The Kier molecular flexibility index (Phi) is 6.74. The molecule has 0 saturated carbocycles. The quantitative estimate of drug-likeness (QED) is 0.604. The van der Waals surface area contributed by atoms with Gasteiger partial charge in [0.1, 0.15) is 12.3 Å². The Morgan fingerprint density at radius 2 is 1.94 bits per heavy atom. The van der Waals surface area contributed by atoms with Gasteiger partial charge >= 0.3 is 5.97 Å². The van der Waals surface area contributed by atoms with Gasteiger partial charge in [0.05, 0.1) is 6.61 Å². The lowest BCUT2D eigenvalue weighted by Gasteiger charge is -2.19. The highest BCUT2D eigenvalue weighted by atomic mass is 32.2. The first-order valence-corrected chi connectivity index (χ1v) is 6.83. The van der Waals surface area contributed by atoms with Crippen molar-refractivity contribution in [3.05, 3.63) is 0 Å². The lowest BCUT2D eigenvalue weighted by atomic mass is 10.4. The third kappa shape index (κ3) is 6.90. The molecule has 8 heteroatoms. The lowest BCUT2D eigenvalue weighted by molar-refractivity contribution is -0.143. The van der Waals surface area contributed by atoms with Crippen LogP contribution in [0.5, 0.6) is 0 Å². The van der Waals surface area contributed by atoms with Crippen molar-refractivity contribution in [3.8, 4) is 0 Å². The molecule has 0 unspecified atom stereocenters. The standard InChI is InChI=1S/C9H17NO6S/c1-3-17(14,15)7-8(11)10(4-5-16-2)6-9(12)13/h3-7H2,1-2H3,(H,12,13). The van der Waals surface area contributed by atoms with Crippen LogP contribution in [0, 0.1) is 0 Å². The van der Waals surface area contributed by atoms with Crippen LogP contribution in [0.2, 0.25) is 0 Å². The van der Waals surface area contributed by atoms with E-state index in [4.69, 9.17) is 9.84 Å². The summed E-state index contributed by atoms with van der Waals surface area (Å²) in [6.45, 7) is 1.12. The summed E-state index contributed by atoms with van der Waals surface area (Å²) in [6.07, 6.45) is 0. The van der Waals surface area contributed by atoms with Crippen LogP contribution in [0.1, 0.15) is 6.92 Å². The smallest absolute Gasteiger partial charge is 0.323 e. The van der Waals surface area contributed by atoms with E-state index in [2.05, 4.69) is 0 Å². The molecule has 0 fully saturated rings. The molecule has 0 bridgehead atoms. The largest absolute Gasteiger partial charge is 0.480 e. The Morgan fingerprint density at radius 1 is 1.35 bits per heavy atom. The maximum Gasteiger partial charge on any atom is 0.323 e. The first-order chi connectivity index (χ1) is 7.82. The second-order valence-corrected chi connectivity index (χ2v) is 5.73. The van der Waals surface area contributed by atoms with Crippen LogP contribution in [0.3, 0.4) is 0 Å². The molecular formula is C9H17NO6S. The van der Waals surface area contributed by atoms with Crippen LogP contribution in [-0.2, 0) is 24.2 Å². The van der Waals surface area contributed by atoms with Gasteiger partial charge < -0.3 is 14.7 Å². The molecule has 7 nitrogen and oxygen atoms in total. The average Bonchev–Trinajstić information content (AvgIpc) is 2.23. The minimum absolute atomic E-state index is 0.0564. The van der Waals surface area contributed by atoms with E-state index < -0.39 is 34.0 Å². The zero-order valence-corrected chi connectivity index (χ0v) is 10.7. The zero-order chi connectivity index (χ0) is 13.5. The Morgan fingerprint density at radius 3 is 2.35 bits per heavy atom. The van der Waals surface area contributed by atoms with Crippen LogP contribution < -0.4 is 0 Å². The number of methoxy groups -OCH3 is 1. The fourth-order valence-electron chi connectivity index (χ4n) is 1.04. The molecule has 1 amide bonds. The Hall–Kier alpha value is -1.15. The molecule has 0 aliphatic carbocycles. The van der Waals surface area contributed by atoms with Crippen molar-refractivity contribution < 1.29 is 27.9 Å². The summed E-state index contributed by atoms with van der Waals surface area (Å²) in [6, 6.07) is 0. The Balaban J connectivity index is 4.57. The number of amides is 1. The van der Waals surface area contributed by atoms with Gasteiger partial charge in [-0.1, -0.05) is 6.92 Å². The van der Waals surface area contributed by atoms with E-state index in [0.717, 1.165) is 4.90 Å². The van der Waals surface area contributed by atoms with E-state index in [9.17, 15) is 18.0 Å². The first-order valence-electron chi connectivity index (χ1n) is 5.01. The summed E-state index contributed by atoms with van der Waals surface area (Å²) >= 11 is 0. The molecule has 0 radical (unpaired) electrons. The van der Waals surface area contributed by atoms with E-state index in [1.54, 1.807) is 0 Å². The lowest BCUT2D eigenvalue weighted by Crippen LogP contribution is -2.41. The molecule has 1 N–H and O–H groups in total. The topological polar surface area (TPSA) is 101 Å². The third-order valence-corrected chi connectivity index (χ3v) is 3.59. The number of sulfone groups is 1. The van der Waals surface area contributed by atoms with Crippen LogP contribution in [0.15, 0.2) is 0 Å². The van der Waals surface area contributed by atoms with Gasteiger partial charge in [0.2, 0.25) is 5.91 Å². The number of carboxylic acids is 1. The van der Waals surface area contributed by atoms with Gasteiger partial charge in [-0.15, -0.1) is 0 Å². The van der Waals surface area contributed by atoms with Crippen LogP contribution in [-0.4, -0.2) is 68.6 Å². The minimum Gasteiger partial charge on any atom is -0.480 e. The molecule has 0 aliphatic rings. The van der Waals surface area contributed by atoms with Gasteiger partial charge in [0.25, 0.3) is 0 Å². The van der Waals surface area contributed by atoms with Gasteiger partial charge in [-0.05, 0) is 0 Å². The SMILES string of the molecule is CCS(=O)(=O)CC(=O)N(CCOC)CC(=O)O. The predicted molar refractivity (Wildman–Crippen MR) is 60.4 cm³/mol. The molecule has 0 aromatic rings. The summed E-state index contributed by atoms with van der Waals surface area (Å²) in [5, 5.41) is 8.60. The molecule has 0 aliphatic heterocycles. The summed E-state index contributed by atoms with van der Waals surface area (Å²) in [5.41, 5.74) is 0. The van der Waals surface area contributed by atoms with Crippen LogP contribution >= 0.6 is 0 Å². The maximum absolute atomic E-state index is 11.6. The van der Waals surface area contributed by atoms with Crippen molar-refractivity contribution in [2.75, 3.05) is 38.3 Å². The number of carbonyl (C=O) groups is 2. The van der Waals surface area contributed by atoms with Crippen molar-refractivity contribution in [3.63, 3.8) is 0 Å². The van der Waals surface area contributed by atoms with E-state index in [-0.39, 0.29) is 18.9 Å². The highest BCUT2D eigenvalue weighted by Gasteiger charge is 2.21. The summed E-state index contributed by atoms with van der Waals surface area (Å²) in [5.74, 6) is -2.72. The van der Waals surface area contributed by atoms with Gasteiger partial charge in [-0.2, -0.15) is 0 Å². The van der Waals surface area contributed by atoms with Crippen molar-refractivity contribution in [2.45, 2.75) is 6.92 Å². The fourth-order valence-corrected chi connectivity index (χ4v) is 1.80. The molecule has 0 aromatic heterocycles. The number of carbonyl (C=O) groups excluding carboxylic acids is 1. The molecule has 17 heavy (non-hydrogen) atoms. The van der Waals surface area contributed by atoms with Crippen molar-refractivity contribution in [1.29, 1.82) is 0 Å². The van der Waals surface area contributed by atoms with Crippen LogP contribution in [0.25, 0.3) is 0 Å². The Labute approximate surface area is 100 Å². The van der Waals surface area contributed by atoms with E-state index in [1.165, 1.54) is 14.0 Å². The number of nitrogens with zero attached hydrogens (tertiary/aromatic N) is 1. The predicted octanol–water partition coefficient (Wildman–Crippen LogP) is -1.02. The number of hydrogen-bond acceptors (Lipinski definition) is 5. The maximum atomic E-state index is 11.6. The highest BCUT2D eigenvalue weighted by molar-refractivity contribution is 7.92. The second kappa shape index (κ2) is 7.23. The van der Waals surface area contributed by atoms with Gasteiger partial charge in [-0.25, -0.2) is 8.42 Å². The summed E-state index contributed by atoms with van der Waals surface area (Å²) < 4.78 is 27.2. The average molecular weight is 267 g/mol. The molecule has 0 rings (SSSR count). The van der Waals surface area contributed by atoms with Crippen LogP contribution in [0.4, 0.5) is 0 Å². The van der Waals surface area contributed by atoms with E-state index >= 15 is 0 Å². The van der Waals surface area contributed by atoms with Gasteiger partial charge in [0, 0.05) is 19.4 Å². The molecule has 100 valence electrons. The van der Waals surface area contributed by atoms with Gasteiger partial charge in [-0.3, -0.25) is 9.59 Å². The number of ether oxygens (including phenoxy) is 1. The summed E-state index contributed by atoms with van der Waals surface area (Å²) in [7, 11) is -2.04. The number of aliphatic carboxylic acids is 1. The first kappa shape index (κ1) is 15.9. The van der Waals surface area contributed by atoms with E-state index in [0.29, 0.717) is 0 Å². The monoisotopic (exact) mass is 267 g/mol. The van der Waals surface area contributed by atoms with Crippen molar-refractivity contribution in [2.24, 2.45) is 0 Å². The Bertz CT molecular complexity index is 364. The number of hydrogen-bond donors (Lipinski definition) is 1. The van der Waals surface area contributed by atoms with E-state index in [1.807, 2.05) is 0 Å². The minimum atomic E-state index is -3.45. The molecule has 0 saturated heterocycles. The number of carboxylic acid groups (broad SMARTS) is 1. The summed E-state index contributed by atoms with van der Waals surface area (Å²) in [4.78, 5) is 23.1.